The monoisotopic (exact) mass is 292 g/mol. The van der Waals surface area contributed by atoms with Crippen LogP contribution in [0.3, 0.4) is 0 Å². The molecular formula is C17H24O4. The molecule has 1 aromatic carbocycles. The van der Waals surface area contributed by atoms with Gasteiger partial charge in [-0.25, -0.2) is 4.79 Å². The summed E-state index contributed by atoms with van der Waals surface area (Å²) in [5, 5.41) is 0. The lowest BCUT2D eigenvalue weighted by Gasteiger charge is -2.12. The van der Waals surface area contributed by atoms with Gasteiger partial charge in [-0.05, 0) is 44.9 Å². The van der Waals surface area contributed by atoms with Crippen LogP contribution in [0.15, 0.2) is 24.3 Å². The molecule has 1 aliphatic heterocycles. The molecule has 0 spiro atoms. The molecule has 1 fully saturated rings. The Morgan fingerprint density at radius 3 is 2.48 bits per heavy atom. The topological polar surface area (TPSA) is 48.1 Å². The molecule has 21 heavy (non-hydrogen) atoms. The summed E-state index contributed by atoms with van der Waals surface area (Å²) in [5.41, 5.74) is 0.207. The van der Waals surface area contributed by atoms with E-state index in [0.717, 1.165) is 17.7 Å². The van der Waals surface area contributed by atoms with E-state index in [1.54, 1.807) is 0 Å². The van der Waals surface area contributed by atoms with Crippen molar-refractivity contribution in [2.75, 3.05) is 6.61 Å². The third-order valence-corrected chi connectivity index (χ3v) is 3.49. The average molecular weight is 292 g/mol. The Balaban J connectivity index is 2.10. The molecule has 2 rings (SSSR count). The Morgan fingerprint density at radius 1 is 1.29 bits per heavy atom. The molecule has 4 heteroatoms. The van der Waals surface area contributed by atoms with Crippen molar-refractivity contribution in [3.8, 4) is 5.75 Å². The quantitative estimate of drug-likeness (QED) is 0.568. The summed E-state index contributed by atoms with van der Waals surface area (Å²) in [4.78, 5) is 12.1. The molecule has 0 amide bonds. The van der Waals surface area contributed by atoms with E-state index < -0.39 is 5.60 Å². The van der Waals surface area contributed by atoms with Crippen molar-refractivity contribution in [2.24, 2.45) is 0 Å². The summed E-state index contributed by atoms with van der Waals surface area (Å²) in [5.74, 6) is 0.575. The van der Waals surface area contributed by atoms with Crippen molar-refractivity contribution in [3.63, 3.8) is 0 Å². The predicted molar refractivity (Wildman–Crippen MR) is 80.3 cm³/mol. The molecule has 0 aromatic heterocycles. The maximum Gasteiger partial charge on any atom is 0.341 e. The number of hydrogen-bond acceptors (Lipinski definition) is 4. The lowest BCUT2D eigenvalue weighted by atomic mass is 9.95. The van der Waals surface area contributed by atoms with E-state index in [9.17, 15) is 4.79 Å². The maximum absolute atomic E-state index is 12.1. The van der Waals surface area contributed by atoms with Crippen molar-refractivity contribution >= 4 is 5.97 Å². The van der Waals surface area contributed by atoms with Crippen LogP contribution < -0.4 is 4.74 Å². The van der Waals surface area contributed by atoms with Crippen molar-refractivity contribution in [1.82, 2.24) is 0 Å². The number of epoxide rings is 1. The number of benzene rings is 1. The van der Waals surface area contributed by atoms with Gasteiger partial charge in [-0.15, -0.1) is 0 Å². The van der Waals surface area contributed by atoms with Crippen LogP contribution in [0.25, 0.3) is 0 Å². The van der Waals surface area contributed by atoms with Crippen LogP contribution in [0.2, 0.25) is 0 Å². The van der Waals surface area contributed by atoms with Crippen LogP contribution in [0.4, 0.5) is 0 Å². The Kier molecular flexibility index (Phi) is 4.88. The second-order valence-corrected chi connectivity index (χ2v) is 5.59. The molecule has 116 valence electrons. The highest BCUT2D eigenvalue weighted by molar-refractivity contribution is 5.83. The molecule has 1 aliphatic rings. The van der Waals surface area contributed by atoms with E-state index in [-0.39, 0.29) is 18.2 Å². The molecule has 0 radical (unpaired) electrons. The third-order valence-electron chi connectivity index (χ3n) is 3.49. The smallest absolute Gasteiger partial charge is 0.341 e. The zero-order valence-electron chi connectivity index (χ0n) is 13.2. The molecular weight excluding hydrogens is 268 g/mol. The van der Waals surface area contributed by atoms with Crippen LogP contribution >= 0.6 is 0 Å². The first-order chi connectivity index (χ1) is 10.0. The van der Waals surface area contributed by atoms with E-state index in [2.05, 4.69) is 0 Å². The average Bonchev–Trinajstić information content (AvgIpc) is 3.15. The van der Waals surface area contributed by atoms with Crippen molar-refractivity contribution in [2.45, 2.75) is 58.3 Å². The first-order valence-corrected chi connectivity index (χ1v) is 7.65. The fourth-order valence-corrected chi connectivity index (χ4v) is 2.58. The normalized spacial score (nSPS) is 24.0. The summed E-state index contributed by atoms with van der Waals surface area (Å²) in [6.45, 7) is 8.21. The number of hydrogen-bond donors (Lipinski definition) is 0. The number of ether oxygens (including phenoxy) is 3. The van der Waals surface area contributed by atoms with Gasteiger partial charge in [0.05, 0.1) is 12.7 Å². The lowest BCUT2D eigenvalue weighted by molar-refractivity contribution is -0.149. The summed E-state index contributed by atoms with van der Waals surface area (Å²) >= 11 is 0. The van der Waals surface area contributed by atoms with Crippen LogP contribution in [-0.2, 0) is 14.3 Å². The molecule has 2 atom stereocenters. The van der Waals surface area contributed by atoms with Gasteiger partial charge in [0.2, 0.25) is 0 Å². The standard InChI is InChI=1S/C17H24O4/c1-5-11-17(16(18)19-6-2)15(21-17)13-7-9-14(10-8-13)20-12(3)4/h7-10,12,15H,5-6,11H2,1-4H3/t15-,17+/m1/s1. The second kappa shape index (κ2) is 6.48. The molecule has 0 unspecified atom stereocenters. The summed E-state index contributed by atoms with van der Waals surface area (Å²) in [7, 11) is 0. The Hall–Kier alpha value is -1.55. The minimum atomic E-state index is -0.787. The van der Waals surface area contributed by atoms with Gasteiger partial charge in [-0.2, -0.15) is 0 Å². The minimum absolute atomic E-state index is 0.145. The fraction of sp³-hybridized carbons (Fsp3) is 0.588. The first kappa shape index (κ1) is 15.8. The predicted octanol–water partition coefficient (Wildman–Crippen LogP) is 3.65. The van der Waals surface area contributed by atoms with Gasteiger partial charge in [0, 0.05) is 0 Å². The van der Waals surface area contributed by atoms with Gasteiger partial charge >= 0.3 is 5.97 Å². The van der Waals surface area contributed by atoms with Crippen LogP contribution in [0.1, 0.15) is 52.2 Å². The summed E-state index contributed by atoms with van der Waals surface area (Å²) in [6.07, 6.45) is 1.50. The molecule has 4 nitrogen and oxygen atoms in total. The molecule has 1 heterocycles. The van der Waals surface area contributed by atoms with Gasteiger partial charge in [0.25, 0.3) is 0 Å². The van der Waals surface area contributed by atoms with Gasteiger partial charge < -0.3 is 14.2 Å². The van der Waals surface area contributed by atoms with E-state index in [0.29, 0.717) is 13.0 Å². The van der Waals surface area contributed by atoms with Crippen LogP contribution in [0, 0.1) is 0 Å². The zero-order valence-corrected chi connectivity index (χ0v) is 13.2. The van der Waals surface area contributed by atoms with Gasteiger partial charge in [-0.1, -0.05) is 25.5 Å². The largest absolute Gasteiger partial charge is 0.491 e. The number of carbonyl (C=O) groups excluding carboxylic acids is 1. The fourth-order valence-electron chi connectivity index (χ4n) is 2.58. The Labute approximate surface area is 126 Å². The Morgan fingerprint density at radius 2 is 1.95 bits per heavy atom. The number of carbonyl (C=O) groups is 1. The van der Waals surface area contributed by atoms with E-state index in [1.165, 1.54) is 0 Å². The van der Waals surface area contributed by atoms with Crippen molar-refractivity contribution in [3.05, 3.63) is 29.8 Å². The molecule has 1 saturated heterocycles. The molecule has 1 aromatic rings. The zero-order chi connectivity index (χ0) is 15.5. The van der Waals surface area contributed by atoms with Crippen LogP contribution in [0.5, 0.6) is 5.75 Å². The lowest BCUT2D eigenvalue weighted by Crippen LogP contribution is -2.27. The maximum atomic E-state index is 12.1. The summed E-state index contributed by atoms with van der Waals surface area (Å²) < 4.78 is 16.5. The SMILES string of the molecule is CCC[C@]1(C(=O)OCC)O[C@@H]1c1ccc(OC(C)C)cc1. The van der Waals surface area contributed by atoms with Gasteiger partial charge in [0.15, 0.2) is 5.60 Å². The minimum Gasteiger partial charge on any atom is -0.491 e. The third kappa shape index (κ3) is 3.38. The summed E-state index contributed by atoms with van der Waals surface area (Å²) in [6, 6.07) is 7.75. The first-order valence-electron chi connectivity index (χ1n) is 7.65. The number of rotatable bonds is 7. The van der Waals surface area contributed by atoms with Crippen LogP contribution in [-0.4, -0.2) is 24.3 Å². The molecule has 0 aliphatic carbocycles. The molecule has 0 bridgehead atoms. The van der Waals surface area contributed by atoms with Gasteiger partial charge in [0.1, 0.15) is 11.9 Å². The highest BCUT2D eigenvalue weighted by Crippen LogP contribution is 2.53. The van der Waals surface area contributed by atoms with E-state index in [1.807, 2.05) is 52.0 Å². The highest BCUT2D eigenvalue weighted by Gasteiger charge is 2.63. The van der Waals surface area contributed by atoms with Gasteiger partial charge in [-0.3, -0.25) is 0 Å². The van der Waals surface area contributed by atoms with E-state index in [4.69, 9.17) is 14.2 Å². The highest BCUT2D eigenvalue weighted by atomic mass is 16.7. The molecule has 0 N–H and O–H groups in total. The molecule has 0 saturated carbocycles. The van der Waals surface area contributed by atoms with Crippen molar-refractivity contribution < 1.29 is 19.0 Å². The van der Waals surface area contributed by atoms with Crippen molar-refractivity contribution in [1.29, 1.82) is 0 Å². The Bertz CT molecular complexity index is 480. The van der Waals surface area contributed by atoms with E-state index >= 15 is 0 Å². The number of esters is 1. The second-order valence-electron chi connectivity index (χ2n) is 5.59.